The molecular weight excluding hydrogens is 265 g/mol. The van der Waals surface area contributed by atoms with Crippen molar-refractivity contribution >= 4 is 11.8 Å². The minimum atomic E-state index is -0.250. The highest BCUT2D eigenvalue weighted by atomic mass is 32.2. The number of hydrogen-bond donors (Lipinski definition) is 0. The Hall–Kier alpha value is -1.49. The molecule has 1 heterocycles. The lowest BCUT2D eigenvalue weighted by atomic mass is 10.2. The molecule has 0 spiro atoms. The van der Waals surface area contributed by atoms with Crippen molar-refractivity contribution in [2.24, 2.45) is 0 Å². The van der Waals surface area contributed by atoms with Crippen LogP contribution in [-0.2, 0) is 5.75 Å². The first-order valence-electron chi connectivity index (χ1n) is 6.04. The van der Waals surface area contributed by atoms with Gasteiger partial charge in [0.25, 0.3) is 0 Å². The first kappa shape index (κ1) is 13.9. The van der Waals surface area contributed by atoms with Crippen molar-refractivity contribution < 1.29 is 13.7 Å². The molecule has 0 atom stereocenters. The molecule has 102 valence electrons. The molecule has 0 aliphatic rings. The molecule has 2 aromatic rings. The number of ether oxygens (including phenoxy) is 1. The van der Waals surface area contributed by atoms with Gasteiger partial charge < -0.3 is 9.26 Å². The van der Waals surface area contributed by atoms with Gasteiger partial charge in [-0.15, -0.1) is 0 Å². The van der Waals surface area contributed by atoms with E-state index in [1.54, 1.807) is 23.9 Å². The molecule has 0 saturated carbocycles. The Morgan fingerprint density at radius 3 is 2.63 bits per heavy atom. The zero-order valence-electron chi connectivity index (χ0n) is 11.0. The molecule has 3 nitrogen and oxygen atoms in total. The van der Waals surface area contributed by atoms with E-state index in [0.29, 0.717) is 12.4 Å². The standard InChI is InChI=1S/C14H16FNO2S/c1-10-14(11(2)18-16-10)9-19-8-7-17-13-5-3-12(15)4-6-13/h3-6H,7-9H2,1-2H3. The Bertz CT molecular complexity index is 505. The predicted octanol–water partition coefficient (Wildman–Crippen LogP) is 3.74. The summed E-state index contributed by atoms with van der Waals surface area (Å²) in [6, 6.07) is 6.06. The van der Waals surface area contributed by atoms with E-state index in [9.17, 15) is 4.39 Å². The molecule has 0 aliphatic heterocycles. The molecular formula is C14H16FNO2S. The molecule has 0 bridgehead atoms. The molecule has 0 fully saturated rings. The molecule has 0 saturated heterocycles. The van der Waals surface area contributed by atoms with Crippen molar-refractivity contribution in [1.82, 2.24) is 5.16 Å². The van der Waals surface area contributed by atoms with Gasteiger partial charge in [-0.1, -0.05) is 5.16 Å². The maximum Gasteiger partial charge on any atom is 0.137 e. The number of thioether (sulfide) groups is 1. The molecule has 19 heavy (non-hydrogen) atoms. The van der Waals surface area contributed by atoms with Crippen molar-refractivity contribution in [2.45, 2.75) is 19.6 Å². The van der Waals surface area contributed by atoms with Crippen molar-refractivity contribution in [3.05, 3.63) is 47.1 Å². The monoisotopic (exact) mass is 281 g/mol. The fraction of sp³-hybridized carbons (Fsp3) is 0.357. The second-order valence-corrected chi connectivity index (χ2v) is 5.26. The zero-order chi connectivity index (χ0) is 13.7. The number of halogens is 1. The SMILES string of the molecule is Cc1noc(C)c1CSCCOc1ccc(F)cc1. The quantitative estimate of drug-likeness (QED) is 0.756. The minimum Gasteiger partial charge on any atom is -0.493 e. The molecule has 0 aliphatic carbocycles. The van der Waals surface area contributed by atoms with E-state index in [2.05, 4.69) is 5.16 Å². The second-order valence-electron chi connectivity index (χ2n) is 4.16. The average molecular weight is 281 g/mol. The van der Waals surface area contributed by atoms with Crippen molar-refractivity contribution in [1.29, 1.82) is 0 Å². The predicted molar refractivity (Wildman–Crippen MR) is 74.0 cm³/mol. The van der Waals surface area contributed by atoms with E-state index in [-0.39, 0.29) is 5.82 Å². The summed E-state index contributed by atoms with van der Waals surface area (Å²) < 4.78 is 23.3. The molecule has 0 amide bonds. The summed E-state index contributed by atoms with van der Waals surface area (Å²) in [5.74, 6) is 3.05. The number of rotatable bonds is 6. The number of aryl methyl sites for hydroxylation is 2. The van der Waals surface area contributed by atoms with Crippen LogP contribution in [0.2, 0.25) is 0 Å². The maximum absolute atomic E-state index is 12.7. The van der Waals surface area contributed by atoms with Crippen LogP contribution in [0.4, 0.5) is 4.39 Å². The number of hydrogen-bond acceptors (Lipinski definition) is 4. The lowest BCUT2D eigenvalue weighted by molar-refractivity contribution is 0.343. The first-order chi connectivity index (χ1) is 9.16. The summed E-state index contributed by atoms with van der Waals surface area (Å²) in [4.78, 5) is 0. The summed E-state index contributed by atoms with van der Waals surface area (Å²) in [7, 11) is 0. The van der Waals surface area contributed by atoms with E-state index in [1.807, 2.05) is 13.8 Å². The molecule has 1 aromatic carbocycles. The van der Waals surface area contributed by atoms with Crippen LogP contribution in [0.15, 0.2) is 28.8 Å². The summed E-state index contributed by atoms with van der Waals surface area (Å²) in [5, 5.41) is 3.92. The average Bonchev–Trinajstić information content (AvgIpc) is 2.72. The molecule has 0 radical (unpaired) electrons. The Labute approximate surface area is 116 Å². The van der Waals surface area contributed by atoms with Crippen LogP contribution in [0, 0.1) is 19.7 Å². The maximum atomic E-state index is 12.7. The van der Waals surface area contributed by atoms with Crippen molar-refractivity contribution in [3.63, 3.8) is 0 Å². The Morgan fingerprint density at radius 1 is 1.26 bits per heavy atom. The molecule has 0 N–H and O–H groups in total. The van der Waals surface area contributed by atoms with Gasteiger partial charge in [-0.25, -0.2) is 4.39 Å². The largest absolute Gasteiger partial charge is 0.493 e. The topological polar surface area (TPSA) is 35.3 Å². The van der Waals surface area contributed by atoms with Crippen molar-refractivity contribution in [3.8, 4) is 5.75 Å². The third kappa shape index (κ3) is 3.99. The van der Waals surface area contributed by atoms with E-state index in [1.165, 1.54) is 12.1 Å². The van der Waals surface area contributed by atoms with Gasteiger partial charge in [0.1, 0.15) is 17.3 Å². The van der Waals surface area contributed by atoms with E-state index in [0.717, 1.165) is 28.5 Å². The van der Waals surface area contributed by atoms with Crippen LogP contribution in [0.1, 0.15) is 17.0 Å². The second kappa shape index (κ2) is 6.61. The zero-order valence-corrected chi connectivity index (χ0v) is 11.8. The van der Waals surface area contributed by atoms with Gasteiger partial charge in [-0.05, 0) is 38.1 Å². The fourth-order valence-corrected chi connectivity index (χ4v) is 2.59. The number of nitrogens with zero attached hydrogens (tertiary/aromatic N) is 1. The fourth-order valence-electron chi connectivity index (χ4n) is 1.63. The summed E-state index contributed by atoms with van der Waals surface area (Å²) >= 11 is 1.76. The van der Waals surface area contributed by atoms with E-state index in [4.69, 9.17) is 9.26 Å². The summed E-state index contributed by atoms with van der Waals surface area (Å²) in [6.45, 7) is 4.46. The van der Waals surface area contributed by atoms with Gasteiger partial charge in [0, 0.05) is 17.1 Å². The minimum absolute atomic E-state index is 0.250. The Balaban J connectivity index is 1.69. The van der Waals surface area contributed by atoms with Crippen molar-refractivity contribution in [2.75, 3.05) is 12.4 Å². The van der Waals surface area contributed by atoms with Crippen LogP contribution in [0.3, 0.4) is 0 Å². The number of benzene rings is 1. The summed E-state index contributed by atoms with van der Waals surface area (Å²) in [6.07, 6.45) is 0. The van der Waals surface area contributed by atoms with Gasteiger partial charge in [0.15, 0.2) is 0 Å². The molecule has 0 unspecified atom stereocenters. The van der Waals surface area contributed by atoms with Crippen LogP contribution in [0.5, 0.6) is 5.75 Å². The van der Waals surface area contributed by atoms with E-state index >= 15 is 0 Å². The highest BCUT2D eigenvalue weighted by molar-refractivity contribution is 7.98. The van der Waals surface area contributed by atoms with Crippen LogP contribution in [-0.4, -0.2) is 17.5 Å². The van der Waals surface area contributed by atoms with Gasteiger partial charge in [0.2, 0.25) is 0 Å². The third-order valence-electron chi connectivity index (χ3n) is 2.74. The lowest BCUT2D eigenvalue weighted by Gasteiger charge is -2.05. The first-order valence-corrected chi connectivity index (χ1v) is 7.20. The highest BCUT2D eigenvalue weighted by Crippen LogP contribution is 2.19. The number of aromatic nitrogens is 1. The Morgan fingerprint density at radius 2 is 2.00 bits per heavy atom. The van der Waals surface area contributed by atoms with Gasteiger partial charge in [-0.3, -0.25) is 0 Å². The van der Waals surface area contributed by atoms with Gasteiger partial charge >= 0.3 is 0 Å². The Kier molecular flexibility index (Phi) is 4.85. The van der Waals surface area contributed by atoms with Crippen LogP contribution in [0.25, 0.3) is 0 Å². The highest BCUT2D eigenvalue weighted by Gasteiger charge is 2.08. The normalized spacial score (nSPS) is 10.7. The lowest BCUT2D eigenvalue weighted by Crippen LogP contribution is -2.00. The summed E-state index contributed by atoms with van der Waals surface area (Å²) in [5.41, 5.74) is 2.11. The van der Waals surface area contributed by atoms with Crippen LogP contribution < -0.4 is 4.74 Å². The van der Waals surface area contributed by atoms with Gasteiger partial charge in [-0.2, -0.15) is 11.8 Å². The molecule has 1 aromatic heterocycles. The van der Waals surface area contributed by atoms with Gasteiger partial charge in [0.05, 0.1) is 12.3 Å². The van der Waals surface area contributed by atoms with E-state index < -0.39 is 0 Å². The molecule has 2 rings (SSSR count). The van der Waals surface area contributed by atoms with Crippen LogP contribution >= 0.6 is 11.8 Å². The molecule has 5 heteroatoms. The smallest absolute Gasteiger partial charge is 0.137 e. The third-order valence-corrected chi connectivity index (χ3v) is 3.69.